The molecule has 0 N–H and O–H groups in total. The number of furan rings is 1. The molecule has 0 fully saturated rings. The molecule has 9 aromatic rings. The first-order valence-electron chi connectivity index (χ1n) is 14.5. The maximum atomic E-state index is 6.52. The molecule has 0 spiro atoms. The van der Waals surface area contributed by atoms with E-state index in [-0.39, 0.29) is 5.28 Å². The van der Waals surface area contributed by atoms with Gasteiger partial charge in [0.15, 0.2) is 11.6 Å². The topological polar surface area (TPSA) is 51.8 Å². The largest absolute Gasteiger partial charge is 0.456 e. The van der Waals surface area contributed by atoms with Gasteiger partial charge in [-0.3, -0.25) is 0 Å². The van der Waals surface area contributed by atoms with E-state index >= 15 is 0 Å². The van der Waals surface area contributed by atoms with E-state index in [9.17, 15) is 0 Å². The number of nitrogens with zero attached hydrogens (tertiary/aromatic N) is 3. The number of fused-ring (bicyclic) bond motifs is 9. The van der Waals surface area contributed by atoms with E-state index in [4.69, 9.17) is 21.0 Å². The molecule has 9 rings (SSSR count). The molecular weight excluding hydrogens is 562 g/mol. The maximum Gasteiger partial charge on any atom is 0.226 e. The Labute approximate surface area is 257 Å². The standard InChI is InChI=1S/C39H22ClN3O/c40-39-42-37(41-38(43-39)26-16-19-36-34(22-26)31-12-6-7-13-35(31)44-36)25-15-18-30-29-17-14-24(23-8-2-1-3-9-23)20-32(29)27-10-4-5-11-28(27)33(30)21-25/h1-22H. The molecule has 4 nitrogen and oxygen atoms in total. The van der Waals surface area contributed by atoms with Gasteiger partial charge in [0.25, 0.3) is 0 Å². The third kappa shape index (κ3) is 3.96. The molecule has 0 saturated carbocycles. The number of hydrogen-bond acceptors (Lipinski definition) is 4. The third-order valence-electron chi connectivity index (χ3n) is 8.45. The van der Waals surface area contributed by atoms with Crippen molar-refractivity contribution < 1.29 is 4.42 Å². The van der Waals surface area contributed by atoms with Gasteiger partial charge in [-0.15, -0.1) is 0 Å². The van der Waals surface area contributed by atoms with Crippen molar-refractivity contribution in [2.45, 2.75) is 0 Å². The second-order valence-electron chi connectivity index (χ2n) is 11.0. The van der Waals surface area contributed by atoms with Gasteiger partial charge in [-0.1, -0.05) is 97.1 Å². The van der Waals surface area contributed by atoms with Crippen LogP contribution in [0.3, 0.4) is 0 Å². The number of benzene rings is 7. The van der Waals surface area contributed by atoms with Crippen LogP contribution in [0, 0.1) is 0 Å². The zero-order chi connectivity index (χ0) is 29.2. The second kappa shape index (κ2) is 9.73. The Kier molecular flexibility index (Phi) is 5.52. The van der Waals surface area contributed by atoms with Crippen LogP contribution < -0.4 is 0 Å². The zero-order valence-corrected chi connectivity index (χ0v) is 24.1. The van der Waals surface area contributed by atoms with Crippen LogP contribution in [0.25, 0.3) is 88.2 Å². The van der Waals surface area contributed by atoms with Crippen LogP contribution in [0.4, 0.5) is 0 Å². The minimum Gasteiger partial charge on any atom is -0.456 e. The Morgan fingerprint density at radius 1 is 0.364 bits per heavy atom. The monoisotopic (exact) mass is 583 g/mol. The highest BCUT2D eigenvalue weighted by Crippen LogP contribution is 2.39. The minimum atomic E-state index is 0.152. The molecule has 206 valence electrons. The summed E-state index contributed by atoms with van der Waals surface area (Å²) in [5.41, 5.74) is 5.80. The predicted molar refractivity (Wildman–Crippen MR) is 181 cm³/mol. The van der Waals surface area contributed by atoms with Crippen LogP contribution in [0.5, 0.6) is 0 Å². The summed E-state index contributed by atoms with van der Waals surface area (Å²) < 4.78 is 6.02. The Balaban J connectivity index is 1.21. The number of rotatable bonds is 3. The van der Waals surface area contributed by atoms with Crippen LogP contribution in [-0.2, 0) is 0 Å². The van der Waals surface area contributed by atoms with E-state index in [0.717, 1.165) is 38.5 Å². The van der Waals surface area contributed by atoms with Gasteiger partial charge in [-0.25, -0.2) is 4.98 Å². The quantitative estimate of drug-likeness (QED) is 0.194. The SMILES string of the molecule is Clc1nc(-c2ccc3oc4ccccc4c3c2)nc(-c2ccc3c4ccc(-c5ccccc5)cc4c4ccccc4c3c2)n1. The van der Waals surface area contributed by atoms with Gasteiger partial charge in [-0.2, -0.15) is 9.97 Å². The molecule has 0 aliphatic heterocycles. The fraction of sp³-hybridized carbons (Fsp3) is 0. The van der Waals surface area contributed by atoms with Gasteiger partial charge in [0.05, 0.1) is 0 Å². The van der Waals surface area contributed by atoms with Crippen LogP contribution in [-0.4, -0.2) is 15.0 Å². The smallest absolute Gasteiger partial charge is 0.226 e. The first-order valence-corrected chi connectivity index (χ1v) is 14.8. The van der Waals surface area contributed by atoms with Crippen molar-refractivity contribution in [3.63, 3.8) is 0 Å². The van der Waals surface area contributed by atoms with Crippen molar-refractivity contribution in [1.82, 2.24) is 15.0 Å². The van der Waals surface area contributed by atoms with E-state index < -0.39 is 0 Å². The fourth-order valence-electron chi connectivity index (χ4n) is 6.38. The van der Waals surface area contributed by atoms with E-state index in [1.54, 1.807) is 0 Å². The second-order valence-corrected chi connectivity index (χ2v) is 11.3. The molecule has 0 radical (unpaired) electrons. The maximum absolute atomic E-state index is 6.52. The lowest BCUT2D eigenvalue weighted by molar-refractivity contribution is 0.669. The molecule has 2 aromatic heterocycles. The highest BCUT2D eigenvalue weighted by atomic mass is 35.5. The molecule has 0 aliphatic rings. The Morgan fingerprint density at radius 2 is 0.864 bits per heavy atom. The Hall–Kier alpha value is -5.58. The summed E-state index contributed by atoms with van der Waals surface area (Å²) in [6, 6.07) is 46.2. The average Bonchev–Trinajstić information content (AvgIpc) is 3.46. The average molecular weight is 584 g/mol. The highest BCUT2D eigenvalue weighted by molar-refractivity contribution is 6.28. The van der Waals surface area contributed by atoms with E-state index in [1.165, 1.54) is 38.1 Å². The number of aromatic nitrogens is 3. The molecule has 0 bridgehead atoms. The molecule has 5 heteroatoms. The molecule has 2 heterocycles. The van der Waals surface area contributed by atoms with Gasteiger partial charge in [0, 0.05) is 21.9 Å². The zero-order valence-electron chi connectivity index (χ0n) is 23.3. The summed E-state index contributed by atoms with van der Waals surface area (Å²) in [6.07, 6.45) is 0. The molecule has 0 atom stereocenters. The third-order valence-corrected chi connectivity index (χ3v) is 8.61. The van der Waals surface area contributed by atoms with Gasteiger partial charge >= 0.3 is 0 Å². The predicted octanol–water partition coefficient (Wildman–Crippen LogP) is 10.9. The summed E-state index contributed by atoms with van der Waals surface area (Å²) in [5.74, 6) is 1.05. The summed E-state index contributed by atoms with van der Waals surface area (Å²) in [7, 11) is 0. The van der Waals surface area contributed by atoms with Crippen LogP contribution >= 0.6 is 11.6 Å². The van der Waals surface area contributed by atoms with Crippen molar-refractivity contribution in [1.29, 1.82) is 0 Å². The van der Waals surface area contributed by atoms with Gasteiger partial charge in [0.2, 0.25) is 5.28 Å². The van der Waals surface area contributed by atoms with Gasteiger partial charge < -0.3 is 4.42 Å². The molecule has 0 unspecified atom stereocenters. The van der Waals surface area contributed by atoms with E-state index in [0.29, 0.717) is 11.6 Å². The normalized spacial score (nSPS) is 11.8. The van der Waals surface area contributed by atoms with Crippen LogP contribution in [0.2, 0.25) is 5.28 Å². The first kappa shape index (κ1) is 25.0. The number of hydrogen-bond donors (Lipinski definition) is 0. The lowest BCUT2D eigenvalue weighted by atomic mass is 9.91. The molecular formula is C39H22ClN3O. The highest BCUT2D eigenvalue weighted by Gasteiger charge is 2.15. The lowest BCUT2D eigenvalue weighted by Gasteiger charge is -2.13. The van der Waals surface area contributed by atoms with Gasteiger partial charge in [0.1, 0.15) is 11.2 Å². The van der Waals surface area contributed by atoms with Crippen molar-refractivity contribution in [3.05, 3.63) is 139 Å². The lowest BCUT2D eigenvalue weighted by Crippen LogP contribution is -1.97. The van der Waals surface area contributed by atoms with Crippen molar-refractivity contribution in [3.8, 4) is 33.9 Å². The van der Waals surface area contributed by atoms with Crippen molar-refractivity contribution >= 4 is 65.9 Å². The Bertz CT molecular complexity index is 2550. The number of halogens is 1. The molecule has 0 amide bonds. The summed E-state index contributed by atoms with van der Waals surface area (Å²) in [6.45, 7) is 0. The molecule has 0 saturated heterocycles. The van der Waals surface area contributed by atoms with Crippen LogP contribution in [0.1, 0.15) is 0 Å². The Morgan fingerprint density at radius 3 is 1.57 bits per heavy atom. The molecule has 0 aliphatic carbocycles. The van der Waals surface area contributed by atoms with E-state index in [2.05, 4.69) is 107 Å². The number of para-hydroxylation sites is 1. The van der Waals surface area contributed by atoms with Crippen molar-refractivity contribution in [2.75, 3.05) is 0 Å². The molecule has 7 aromatic carbocycles. The van der Waals surface area contributed by atoms with Gasteiger partial charge in [-0.05, 0) is 91.4 Å². The summed E-state index contributed by atoms with van der Waals surface area (Å²) in [4.78, 5) is 14.0. The van der Waals surface area contributed by atoms with Crippen LogP contribution in [0.15, 0.2) is 138 Å². The van der Waals surface area contributed by atoms with Crippen molar-refractivity contribution in [2.24, 2.45) is 0 Å². The summed E-state index contributed by atoms with van der Waals surface area (Å²) in [5, 5.41) is 9.36. The summed E-state index contributed by atoms with van der Waals surface area (Å²) >= 11 is 6.52. The van der Waals surface area contributed by atoms with E-state index in [1.807, 2.05) is 36.4 Å². The molecule has 44 heavy (non-hydrogen) atoms. The minimum absolute atomic E-state index is 0.152. The fourth-order valence-corrected chi connectivity index (χ4v) is 6.54. The first-order chi connectivity index (χ1) is 21.7.